The van der Waals surface area contributed by atoms with Gasteiger partial charge in [-0.15, -0.1) is 23.1 Å². The number of rotatable bonds is 2. The number of thiazole rings is 1. The number of amides is 1. The van der Waals surface area contributed by atoms with E-state index in [0.29, 0.717) is 17.2 Å². The maximum atomic E-state index is 13.1. The van der Waals surface area contributed by atoms with Gasteiger partial charge in [-0.3, -0.25) is 4.79 Å². The molecule has 24 heavy (non-hydrogen) atoms. The number of para-hydroxylation sites is 1. The summed E-state index contributed by atoms with van der Waals surface area (Å²) in [5, 5.41) is 0.753. The molecule has 1 aliphatic heterocycles. The maximum Gasteiger partial charge on any atom is 0.270 e. The summed E-state index contributed by atoms with van der Waals surface area (Å²) in [6.07, 6.45) is 0. The molecule has 2 aromatic heterocycles. The molecule has 0 N–H and O–H groups in total. The Morgan fingerprint density at radius 3 is 2.83 bits per heavy atom. The first kappa shape index (κ1) is 15.5. The van der Waals surface area contributed by atoms with Crippen LogP contribution in [-0.2, 0) is 0 Å². The van der Waals surface area contributed by atoms with Gasteiger partial charge in [-0.05, 0) is 38.1 Å². The summed E-state index contributed by atoms with van der Waals surface area (Å²) in [5.74, 6) is 2.49. The molecular weight excluding hydrogens is 340 g/mol. The van der Waals surface area contributed by atoms with E-state index in [9.17, 15) is 4.79 Å². The first-order valence-corrected chi connectivity index (χ1v) is 9.51. The Morgan fingerprint density at radius 1 is 1.21 bits per heavy atom. The second-order valence-corrected chi connectivity index (χ2v) is 7.75. The Balaban J connectivity index is 1.70. The van der Waals surface area contributed by atoms with E-state index in [0.717, 1.165) is 32.8 Å². The number of aromatic nitrogens is 1. The van der Waals surface area contributed by atoms with Crippen LogP contribution in [-0.4, -0.2) is 23.2 Å². The predicted octanol–water partition coefficient (Wildman–Crippen LogP) is 4.77. The summed E-state index contributed by atoms with van der Waals surface area (Å²) < 4.78 is 5.64. The van der Waals surface area contributed by atoms with Crippen molar-refractivity contribution in [1.29, 1.82) is 0 Å². The van der Waals surface area contributed by atoms with Crippen molar-refractivity contribution in [1.82, 2.24) is 4.98 Å². The van der Waals surface area contributed by atoms with Crippen molar-refractivity contribution in [2.24, 2.45) is 0 Å². The predicted molar refractivity (Wildman–Crippen MR) is 98.1 cm³/mol. The third-order valence-corrected chi connectivity index (χ3v) is 6.12. The normalized spacial score (nSPS) is 13.8. The number of hydrogen-bond acceptors (Lipinski definition) is 5. The molecule has 0 unspecified atom stereocenters. The summed E-state index contributed by atoms with van der Waals surface area (Å²) >= 11 is 3.19. The van der Waals surface area contributed by atoms with Gasteiger partial charge in [-0.2, -0.15) is 0 Å². The minimum Gasteiger partial charge on any atom is -0.459 e. The van der Waals surface area contributed by atoms with Gasteiger partial charge in [0.2, 0.25) is 0 Å². The molecule has 0 aliphatic carbocycles. The van der Waals surface area contributed by atoms with Gasteiger partial charge < -0.3 is 9.32 Å². The molecule has 0 radical (unpaired) electrons. The maximum absolute atomic E-state index is 13.1. The summed E-state index contributed by atoms with van der Waals surface area (Å²) in [7, 11) is 0. The van der Waals surface area contributed by atoms with Crippen LogP contribution in [0.4, 0.5) is 5.69 Å². The van der Waals surface area contributed by atoms with Crippen molar-refractivity contribution >= 4 is 34.7 Å². The van der Waals surface area contributed by atoms with Crippen LogP contribution in [0, 0.1) is 13.8 Å². The zero-order valence-electron chi connectivity index (χ0n) is 13.4. The first-order chi connectivity index (χ1) is 11.6. The smallest absolute Gasteiger partial charge is 0.270 e. The molecule has 0 fully saturated rings. The first-order valence-electron chi connectivity index (χ1n) is 7.71. The lowest BCUT2D eigenvalue weighted by molar-refractivity contribution is 0.0991. The molecular formula is C18H16N2O2S2. The molecule has 3 aromatic rings. The molecule has 3 heterocycles. The summed E-state index contributed by atoms with van der Waals surface area (Å²) in [5.41, 5.74) is 1.74. The molecule has 4 nitrogen and oxygen atoms in total. The van der Waals surface area contributed by atoms with Gasteiger partial charge in [0.15, 0.2) is 10.8 Å². The number of carbonyl (C=O) groups is 1. The van der Waals surface area contributed by atoms with Crippen molar-refractivity contribution in [2.75, 3.05) is 17.2 Å². The quantitative estimate of drug-likeness (QED) is 0.663. The summed E-state index contributed by atoms with van der Waals surface area (Å²) in [6.45, 7) is 4.50. The van der Waals surface area contributed by atoms with E-state index < -0.39 is 0 Å². The van der Waals surface area contributed by atoms with Crippen LogP contribution in [0.25, 0.3) is 10.8 Å². The average molecular weight is 356 g/mol. The van der Waals surface area contributed by atoms with Crippen molar-refractivity contribution in [2.45, 2.75) is 18.7 Å². The Labute approximate surface area is 148 Å². The topological polar surface area (TPSA) is 46.3 Å². The second-order valence-electron chi connectivity index (χ2n) is 5.62. The number of thioether (sulfide) groups is 1. The summed E-state index contributed by atoms with van der Waals surface area (Å²) in [6, 6.07) is 11.9. The Hall–Kier alpha value is -2.05. The van der Waals surface area contributed by atoms with E-state index in [1.54, 1.807) is 11.8 Å². The number of furan rings is 1. The van der Waals surface area contributed by atoms with Gasteiger partial charge in [0.25, 0.3) is 5.91 Å². The highest BCUT2D eigenvalue weighted by Crippen LogP contribution is 2.37. The van der Waals surface area contributed by atoms with Crippen molar-refractivity contribution in [3.8, 4) is 10.8 Å². The molecule has 1 aliphatic rings. The fraction of sp³-hybridized carbons (Fsp3) is 0.222. The average Bonchev–Trinajstić information content (AvgIpc) is 3.19. The van der Waals surface area contributed by atoms with E-state index in [1.165, 1.54) is 11.3 Å². The van der Waals surface area contributed by atoms with E-state index in [-0.39, 0.29) is 5.91 Å². The lowest BCUT2D eigenvalue weighted by atomic mass is 10.2. The number of aryl methyl sites for hydroxylation is 2. The summed E-state index contributed by atoms with van der Waals surface area (Å²) in [4.78, 5) is 21.3. The van der Waals surface area contributed by atoms with Crippen LogP contribution in [0.5, 0.6) is 0 Å². The van der Waals surface area contributed by atoms with E-state index in [4.69, 9.17) is 4.42 Å². The van der Waals surface area contributed by atoms with Gasteiger partial charge >= 0.3 is 0 Å². The number of fused-ring (bicyclic) bond motifs is 1. The number of carbonyl (C=O) groups excluding carboxylic acids is 1. The molecule has 6 heteroatoms. The highest BCUT2D eigenvalue weighted by atomic mass is 32.2. The van der Waals surface area contributed by atoms with Gasteiger partial charge in [0.05, 0.1) is 11.4 Å². The van der Waals surface area contributed by atoms with Crippen molar-refractivity contribution in [3.63, 3.8) is 0 Å². The molecule has 1 aromatic carbocycles. The van der Waals surface area contributed by atoms with Crippen LogP contribution in [0.15, 0.2) is 45.7 Å². The van der Waals surface area contributed by atoms with Gasteiger partial charge in [-0.25, -0.2) is 4.98 Å². The van der Waals surface area contributed by atoms with Gasteiger partial charge in [0.1, 0.15) is 10.6 Å². The molecule has 0 saturated heterocycles. The van der Waals surface area contributed by atoms with E-state index >= 15 is 0 Å². The van der Waals surface area contributed by atoms with Crippen LogP contribution in [0.2, 0.25) is 0 Å². The van der Waals surface area contributed by atoms with Crippen molar-refractivity contribution < 1.29 is 9.21 Å². The largest absolute Gasteiger partial charge is 0.459 e. The minimum absolute atomic E-state index is 0.0206. The number of hydrogen-bond donors (Lipinski definition) is 0. The van der Waals surface area contributed by atoms with Gasteiger partial charge in [-0.1, -0.05) is 12.1 Å². The molecule has 0 spiro atoms. The molecule has 0 atom stereocenters. The highest BCUT2D eigenvalue weighted by molar-refractivity contribution is 7.99. The lowest BCUT2D eigenvalue weighted by Gasteiger charge is -2.28. The zero-order chi connectivity index (χ0) is 16.7. The van der Waals surface area contributed by atoms with Crippen LogP contribution in [0.1, 0.15) is 21.1 Å². The molecule has 0 bridgehead atoms. The third kappa shape index (κ3) is 2.65. The Morgan fingerprint density at radius 2 is 2.04 bits per heavy atom. The fourth-order valence-electron chi connectivity index (χ4n) is 2.75. The molecule has 0 saturated carbocycles. The Bertz CT molecular complexity index is 913. The van der Waals surface area contributed by atoms with E-state index in [1.807, 2.05) is 49.1 Å². The lowest BCUT2D eigenvalue weighted by Crippen LogP contribution is -2.35. The zero-order valence-corrected chi connectivity index (χ0v) is 15.0. The number of anilines is 1. The fourth-order valence-corrected chi connectivity index (χ4v) is 4.72. The Kier molecular flexibility index (Phi) is 3.94. The van der Waals surface area contributed by atoms with Crippen molar-refractivity contribution in [3.05, 3.63) is 52.7 Å². The third-order valence-electron chi connectivity index (χ3n) is 3.92. The number of nitrogens with zero attached hydrogens (tertiary/aromatic N) is 2. The molecule has 122 valence electrons. The molecule has 1 amide bonds. The van der Waals surface area contributed by atoms with Crippen LogP contribution in [0.3, 0.4) is 0 Å². The monoisotopic (exact) mass is 356 g/mol. The van der Waals surface area contributed by atoms with Crippen LogP contribution < -0.4 is 4.90 Å². The SMILES string of the molecule is Cc1ccc(-c2nc(C)c(C(=O)N3CCSc4ccccc43)s2)o1. The molecule has 4 rings (SSSR count). The number of benzene rings is 1. The standard InChI is InChI=1S/C18H16N2O2S2/c1-11-7-8-14(22-11)17-19-12(2)16(24-17)18(21)20-9-10-23-15-6-4-3-5-13(15)20/h3-8H,9-10H2,1-2H3. The van der Waals surface area contributed by atoms with Gasteiger partial charge in [0, 0.05) is 17.2 Å². The highest BCUT2D eigenvalue weighted by Gasteiger charge is 2.27. The van der Waals surface area contributed by atoms with E-state index in [2.05, 4.69) is 11.1 Å². The second kappa shape index (κ2) is 6.11. The van der Waals surface area contributed by atoms with Crippen LogP contribution >= 0.6 is 23.1 Å². The minimum atomic E-state index is 0.0206.